The monoisotopic (exact) mass is 412 g/mol. The minimum absolute atomic E-state index is 0.280. The lowest BCUT2D eigenvalue weighted by molar-refractivity contribution is -0.119. The van der Waals surface area contributed by atoms with Gasteiger partial charge in [-0.05, 0) is 48.8 Å². The number of hydrogen-bond donors (Lipinski definition) is 1. The second-order valence-corrected chi connectivity index (χ2v) is 6.65. The first kappa shape index (κ1) is 17.9. The van der Waals surface area contributed by atoms with E-state index in [2.05, 4.69) is 37.5 Å². The lowest BCUT2D eigenvalue weighted by Crippen LogP contribution is -2.26. The normalized spacial score (nSPS) is 11.8. The summed E-state index contributed by atoms with van der Waals surface area (Å²) >= 11 is 3.47. The molecule has 0 aliphatic rings. The van der Waals surface area contributed by atoms with Crippen LogP contribution in [0.25, 0.3) is 5.69 Å². The van der Waals surface area contributed by atoms with Gasteiger partial charge in [-0.1, -0.05) is 18.2 Å². The Hall–Kier alpha value is -2.92. The molecule has 3 rings (SSSR count). The Kier molecular flexibility index (Phi) is 4.91. The number of nitrogens with one attached hydrogen (secondary N) is 1. The highest BCUT2D eigenvalue weighted by atomic mass is 79.9. The van der Waals surface area contributed by atoms with E-state index < -0.39 is 6.04 Å². The third-order valence-electron chi connectivity index (χ3n) is 4.12. The van der Waals surface area contributed by atoms with Crippen LogP contribution in [0, 0.1) is 25.2 Å². The van der Waals surface area contributed by atoms with Crippen LogP contribution in [0.2, 0.25) is 0 Å². The highest BCUT2D eigenvalue weighted by Gasteiger charge is 2.23. The smallest absolute Gasteiger partial charge is 0.250 e. The van der Waals surface area contributed by atoms with Crippen LogP contribution >= 0.6 is 15.9 Å². The van der Waals surface area contributed by atoms with E-state index in [4.69, 9.17) is 0 Å². The van der Waals surface area contributed by atoms with Gasteiger partial charge in [0, 0.05) is 0 Å². The number of amides is 1. The Morgan fingerprint density at radius 1 is 1.31 bits per heavy atom. The molecule has 132 valence electrons. The molecule has 1 N–H and O–H groups in total. The minimum atomic E-state index is -0.550. The molecule has 0 fully saturated rings. The summed E-state index contributed by atoms with van der Waals surface area (Å²) in [5, 5.41) is 20.8. The molecule has 2 aromatic heterocycles. The summed E-state index contributed by atoms with van der Waals surface area (Å²) in [5.74, 6) is 0.0634. The van der Waals surface area contributed by atoms with E-state index in [1.165, 1.54) is 6.20 Å². The van der Waals surface area contributed by atoms with Crippen molar-refractivity contribution < 1.29 is 4.79 Å². The Labute approximate surface area is 159 Å². The summed E-state index contributed by atoms with van der Waals surface area (Å²) in [5.41, 5.74) is 2.73. The number of benzene rings is 1. The van der Waals surface area contributed by atoms with Crippen LogP contribution in [0.1, 0.15) is 29.9 Å². The topological polar surface area (TPSA) is 88.5 Å². The summed E-state index contributed by atoms with van der Waals surface area (Å²) in [7, 11) is 0. The molecule has 8 heteroatoms. The number of nitrogens with zero attached hydrogens (tertiary/aromatic N) is 5. The van der Waals surface area contributed by atoms with E-state index in [9.17, 15) is 10.1 Å². The highest BCUT2D eigenvalue weighted by Crippen LogP contribution is 2.25. The first-order chi connectivity index (χ1) is 12.4. The van der Waals surface area contributed by atoms with Gasteiger partial charge in [-0.25, -0.2) is 4.68 Å². The van der Waals surface area contributed by atoms with Crippen molar-refractivity contribution in [2.24, 2.45) is 0 Å². The fraction of sp³-hybridized carbons (Fsp3) is 0.222. The largest absolute Gasteiger partial charge is 0.308 e. The molecule has 0 aliphatic carbocycles. The molecule has 2 heterocycles. The van der Waals surface area contributed by atoms with Crippen molar-refractivity contribution in [1.29, 1.82) is 5.26 Å². The van der Waals surface area contributed by atoms with Crippen LogP contribution < -0.4 is 5.32 Å². The van der Waals surface area contributed by atoms with Crippen LogP contribution in [-0.4, -0.2) is 25.5 Å². The summed E-state index contributed by atoms with van der Waals surface area (Å²) in [6, 6.07) is 10.8. The van der Waals surface area contributed by atoms with Crippen molar-refractivity contribution >= 4 is 27.7 Å². The molecule has 3 aromatic rings. The van der Waals surface area contributed by atoms with Gasteiger partial charge < -0.3 is 5.32 Å². The molecule has 1 atom stereocenters. The molecule has 0 spiro atoms. The lowest BCUT2D eigenvalue weighted by atomic mass is 10.2. The van der Waals surface area contributed by atoms with Gasteiger partial charge >= 0.3 is 0 Å². The number of anilines is 1. The number of aryl methyl sites for hydroxylation is 1. The molecule has 0 saturated heterocycles. The van der Waals surface area contributed by atoms with Crippen molar-refractivity contribution in [1.82, 2.24) is 19.6 Å². The van der Waals surface area contributed by atoms with E-state index >= 15 is 0 Å². The maximum Gasteiger partial charge on any atom is 0.250 e. The number of carbonyl (C=O) groups excluding carboxylic acids is 1. The van der Waals surface area contributed by atoms with Crippen molar-refractivity contribution in [2.75, 3.05) is 5.32 Å². The number of hydrogen-bond acceptors (Lipinski definition) is 4. The predicted molar refractivity (Wildman–Crippen MR) is 101 cm³/mol. The van der Waals surface area contributed by atoms with Gasteiger partial charge in [0.05, 0.1) is 27.7 Å². The summed E-state index contributed by atoms with van der Waals surface area (Å²) in [6.45, 7) is 5.52. The maximum atomic E-state index is 12.8. The third-order valence-corrected chi connectivity index (χ3v) is 5.26. The first-order valence-electron chi connectivity index (χ1n) is 7.99. The number of rotatable bonds is 4. The summed E-state index contributed by atoms with van der Waals surface area (Å²) < 4.78 is 4.08. The Morgan fingerprint density at radius 2 is 2.00 bits per heavy atom. The molecule has 0 saturated carbocycles. The first-order valence-corrected chi connectivity index (χ1v) is 8.79. The molecule has 0 bridgehead atoms. The van der Waals surface area contributed by atoms with Gasteiger partial charge in [0.2, 0.25) is 5.91 Å². The average molecular weight is 413 g/mol. The summed E-state index contributed by atoms with van der Waals surface area (Å²) in [6.07, 6.45) is 1.44. The van der Waals surface area contributed by atoms with Crippen LogP contribution in [-0.2, 0) is 4.79 Å². The second kappa shape index (κ2) is 7.14. The predicted octanol–water partition coefficient (Wildman–Crippen LogP) is 3.52. The van der Waals surface area contributed by atoms with Gasteiger partial charge in [-0.2, -0.15) is 15.5 Å². The molecule has 26 heavy (non-hydrogen) atoms. The Bertz CT molecular complexity index is 999. The number of halogens is 1. The quantitative estimate of drug-likeness (QED) is 0.709. The molecule has 7 nitrogen and oxygen atoms in total. The van der Waals surface area contributed by atoms with Crippen molar-refractivity contribution in [3.63, 3.8) is 0 Å². The minimum Gasteiger partial charge on any atom is -0.308 e. The molecule has 1 unspecified atom stereocenters. The Morgan fingerprint density at radius 3 is 2.58 bits per heavy atom. The molecule has 0 aliphatic heterocycles. The fourth-order valence-electron chi connectivity index (χ4n) is 2.67. The van der Waals surface area contributed by atoms with E-state index in [-0.39, 0.29) is 5.91 Å². The van der Waals surface area contributed by atoms with Crippen molar-refractivity contribution in [2.45, 2.75) is 26.8 Å². The zero-order valence-corrected chi connectivity index (χ0v) is 16.1. The lowest BCUT2D eigenvalue weighted by Gasteiger charge is -2.15. The van der Waals surface area contributed by atoms with E-state index in [1.54, 1.807) is 16.3 Å². The van der Waals surface area contributed by atoms with Crippen LogP contribution in [0.3, 0.4) is 0 Å². The van der Waals surface area contributed by atoms with E-state index in [1.807, 2.05) is 44.2 Å². The number of para-hydroxylation sites is 1. The maximum absolute atomic E-state index is 12.8. The van der Waals surface area contributed by atoms with Crippen LogP contribution in [0.4, 0.5) is 5.82 Å². The summed E-state index contributed by atoms with van der Waals surface area (Å²) in [4.78, 5) is 12.8. The number of nitriles is 1. The van der Waals surface area contributed by atoms with Crippen molar-refractivity contribution in [3.05, 3.63) is 58.0 Å². The standard InChI is InChI=1S/C18H17BrN6O/c1-11-16(19)12(2)24(23-11)13(3)18(26)22-17-14(9-20)10-21-25(17)15-7-5-4-6-8-15/h4-8,10,13H,1-3H3,(H,22,26). The van der Waals surface area contributed by atoms with Gasteiger partial charge in [0.1, 0.15) is 17.7 Å². The SMILES string of the molecule is Cc1nn(C(C)C(=O)Nc2c(C#N)cnn2-c2ccccc2)c(C)c1Br. The number of carbonyl (C=O) groups is 1. The van der Waals surface area contributed by atoms with Crippen LogP contribution in [0.15, 0.2) is 41.0 Å². The average Bonchev–Trinajstić information content (AvgIpc) is 3.17. The van der Waals surface area contributed by atoms with Gasteiger partial charge in [-0.3, -0.25) is 9.48 Å². The molecule has 0 radical (unpaired) electrons. The molecule has 1 amide bonds. The van der Waals surface area contributed by atoms with Crippen LogP contribution in [0.5, 0.6) is 0 Å². The number of aromatic nitrogens is 4. The molecular formula is C18H17BrN6O. The van der Waals surface area contributed by atoms with Gasteiger partial charge in [0.25, 0.3) is 0 Å². The van der Waals surface area contributed by atoms with Crippen molar-refractivity contribution in [3.8, 4) is 11.8 Å². The zero-order valence-electron chi connectivity index (χ0n) is 14.6. The van der Waals surface area contributed by atoms with E-state index in [0.29, 0.717) is 11.4 Å². The second-order valence-electron chi connectivity index (χ2n) is 5.86. The third kappa shape index (κ3) is 3.13. The molecule has 1 aromatic carbocycles. The molecular weight excluding hydrogens is 396 g/mol. The van der Waals surface area contributed by atoms with E-state index in [0.717, 1.165) is 21.5 Å². The van der Waals surface area contributed by atoms with Gasteiger partial charge in [-0.15, -0.1) is 0 Å². The Balaban J connectivity index is 1.93. The van der Waals surface area contributed by atoms with Gasteiger partial charge in [0.15, 0.2) is 5.82 Å². The fourth-order valence-corrected chi connectivity index (χ4v) is 2.93. The highest BCUT2D eigenvalue weighted by molar-refractivity contribution is 9.10. The zero-order chi connectivity index (χ0) is 18.8.